The van der Waals surface area contributed by atoms with Crippen molar-refractivity contribution in [3.05, 3.63) is 63.3 Å². The molecule has 13 nitrogen and oxygen atoms in total. The van der Waals surface area contributed by atoms with Gasteiger partial charge in [-0.15, -0.1) is 0 Å². The first-order chi connectivity index (χ1) is 20.2. The second-order valence-electron chi connectivity index (χ2n) is 8.69. The zero-order valence-electron chi connectivity index (χ0n) is 23.6. The van der Waals surface area contributed by atoms with Crippen LogP contribution in [0.4, 0.5) is 4.79 Å². The normalized spacial score (nSPS) is 15.4. The van der Waals surface area contributed by atoms with E-state index in [9.17, 15) is 19.5 Å². The molecule has 2 aromatic carbocycles. The van der Waals surface area contributed by atoms with Crippen molar-refractivity contribution >= 4 is 40.1 Å². The van der Waals surface area contributed by atoms with Crippen molar-refractivity contribution in [1.29, 1.82) is 0 Å². The Morgan fingerprint density at radius 2 is 1.86 bits per heavy atom. The smallest absolute Gasteiger partial charge is 0.344 e. The van der Waals surface area contributed by atoms with Crippen LogP contribution in [0, 0.1) is 0 Å². The number of halogens is 1. The molecule has 0 saturated heterocycles. The van der Waals surface area contributed by atoms with Gasteiger partial charge in [-0.25, -0.2) is 14.4 Å². The van der Waals surface area contributed by atoms with Crippen LogP contribution in [0.1, 0.15) is 37.9 Å². The molecule has 0 fully saturated rings. The van der Waals surface area contributed by atoms with Crippen molar-refractivity contribution in [2.75, 3.05) is 33.5 Å². The first-order valence-electron chi connectivity index (χ1n) is 13.0. The summed E-state index contributed by atoms with van der Waals surface area (Å²) in [5, 5.41) is 19.8. The Kier molecular flexibility index (Phi) is 12.0. The molecule has 0 bridgehead atoms. The van der Waals surface area contributed by atoms with Crippen molar-refractivity contribution in [3.63, 3.8) is 0 Å². The molecule has 1 aliphatic rings. The fourth-order valence-corrected chi connectivity index (χ4v) is 4.28. The van der Waals surface area contributed by atoms with E-state index in [2.05, 4.69) is 37.1 Å². The average Bonchev–Trinajstić information content (AvgIpc) is 2.95. The maximum absolute atomic E-state index is 12.4. The number of hydrogen-bond acceptors (Lipinski definition) is 11. The van der Waals surface area contributed by atoms with E-state index in [0.29, 0.717) is 40.7 Å². The van der Waals surface area contributed by atoms with Gasteiger partial charge in [0.25, 0.3) is 0 Å². The minimum Gasteiger partial charge on any atom is -0.490 e. The van der Waals surface area contributed by atoms with Crippen LogP contribution in [0.5, 0.6) is 17.2 Å². The third-order valence-corrected chi connectivity index (χ3v) is 6.22. The molecule has 0 unspecified atom stereocenters. The molecule has 0 saturated carbocycles. The molecule has 0 aliphatic carbocycles. The average molecular weight is 649 g/mol. The Labute approximate surface area is 251 Å². The van der Waals surface area contributed by atoms with E-state index in [4.69, 9.17) is 23.7 Å². The number of hydrazone groups is 1. The molecule has 14 heteroatoms. The van der Waals surface area contributed by atoms with Gasteiger partial charge in [-0.3, -0.25) is 5.43 Å². The summed E-state index contributed by atoms with van der Waals surface area (Å²) in [5.41, 5.74) is 4.31. The van der Waals surface area contributed by atoms with Crippen LogP contribution in [0.25, 0.3) is 0 Å². The number of aliphatic hydroxyl groups is 1. The van der Waals surface area contributed by atoms with Crippen LogP contribution in [-0.4, -0.2) is 69.1 Å². The van der Waals surface area contributed by atoms with E-state index in [0.717, 1.165) is 4.47 Å². The summed E-state index contributed by atoms with van der Waals surface area (Å²) in [6.07, 6.45) is 0.225. The highest BCUT2D eigenvalue weighted by atomic mass is 79.9. The van der Waals surface area contributed by atoms with Gasteiger partial charge in [0.1, 0.15) is 12.4 Å². The zero-order valence-corrected chi connectivity index (χ0v) is 25.1. The number of carbonyl (C=O) groups excluding carboxylic acids is 3. The number of allylic oxidation sites excluding steroid dienone is 1. The largest absolute Gasteiger partial charge is 0.490 e. The van der Waals surface area contributed by atoms with Gasteiger partial charge in [-0.1, -0.05) is 22.0 Å². The summed E-state index contributed by atoms with van der Waals surface area (Å²) in [6.45, 7) is 5.23. The highest BCUT2D eigenvalue weighted by Crippen LogP contribution is 2.35. The number of hydrogen-bond donors (Lipinski definition) is 4. The highest BCUT2D eigenvalue weighted by Gasteiger charge is 2.32. The predicted molar refractivity (Wildman–Crippen MR) is 155 cm³/mol. The van der Waals surface area contributed by atoms with Crippen LogP contribution in [0.15, 0.2) is 57.2 Å². The van der Waals surface area contributed by atoms with Crippen LogP contribution in [0.2, 0.25) is 0 Å². The van der Waals surface area contributed by atoms with Crippen molar-refractivity contribution in [2.24, 2.45) is 5.10 Å². The molecule has 0 aromatic heterocycles. The Bertz CT molecular complexity index is 1350. The Morgan fingerprint density at radius 1 is 1.10 bits per heavy atom. The molecule has 226 valence electrons. The lowest BCUT2D eigenvalue weighted by Crippen LogP contribution is -2.45. The number of aliphatic hydroxyl groups excluding tert-OH is 1. The predicted octanol–water partition coefficient (Wildman–Crippen LogP) is 2.91. The standard InChI is InChI=1S/C28H33BrN4O9/c1-5-39-22-12-17(26-25(27(36)38-4)16(3)31-28(37)32-26)7-9-21(22)41-14-23(34)33-30-13-18-11-19(29)8-10-20(18)42-15-24(35)40-6-2/h7-13,23,26,33-34H,5-6,14-15H2,1-4H3,(H2,31,32,37)/b30-13+/t23-,26-/m1/s1. The van der Waals surface area contributed by atoms with E-state index in [1.54, 1.807) is 57.2 Å². The minimum absolute atomic E-state index is 0.196. The van der Waals surface area contributed by atoms with Gasteiger partial charge in [-0.2, -0.15) is 5.10 Å². The SMILES string of the molecule is CCOC(=O)COc1ccc(Br)cc1/C=N/N[C@H](O)COc1ccc([C@H]2NC(=O)NC(C)=C2C(=O)OC)cc1OCC. The molecular formula is C28H33BrN4O9. The Balaban J connectivity index is 1.67. The number of ether oxygens (including phenoxy) is 5. The van der Waals surface area contributed by atoms with Gasteiger partial charge in [0.05, 0.1) is 38.2 Å². The molecule has 3 rings (SSSR count). The summed E-state index contributed by atoms with van der Waals surface area (Å²) in [7, 11) is 1.26. The lowest BCUT2D eigenvalue weighted by atomic mass is 9.95. The third kappa shape index (κ3) is 8.85. The van der Waals surface area contributed by atoms with E-state index in [-0.39, 0.29) is 25.4 Å². The van der Waals surface area contributed by atoms with Gasteiger partial charge >= 0.3 is 18.0 Å². The van der Waals surface area contributed by atoms with Crippen LogP contribution in [-0.2, 0) is 19.1 Å². The van der Waals surface area contributed by atoms with Crippen molar-refractivity contribution < 1.29 is 43.2 Å². The number of carbonyl (C=O) groups is 3. The number of rotatable bonds is 14. The first kappa shape index (κ1) is 32.2. The van der Waals surface area contributed by atoms with Gasteiger partial charge < -0.3 is 39.4 Å². The summed E-state index contributed by atoms with van der Waals surface area (Å²) in [6, 6.07) is 8.86. The second kappa shape index (κ2) is 15.6. The maximum atomic E-state index is 12.4. The van der Waals surface area contributed by atoms with E-state index < -0.39 is 30.2 Å². The molecule has 2 amide bonds. The molecule has 0 spiro atoms. The second-order valence-corrected chi connectivity index (χ2v) is 9.61. The molecular weight excluding hydrogens is 616 g/mol. The van der Waals surface area contributed by atoms with Gasteiger partial charge in [0, 0.05) is 15.7 Å². The number of esters is 2. The number of benzene rings is 2. The number of nitrogens with zero attached hydrogens (tertiary/aromatic N) is 1. The van der Waals surface area contributed by atoms with E-state index in [1.165, 1.54) is 13.3 Å². The van der Waals surface area contributed by atoms with Crippen molar-refractivity contribution in [2.45, 2.75) is 33.0 Å². The minimum atomic E-state index is -1.20. The monoisotopic (exact) mass is 648 g/mol. The molecule has 0 radical (unpaired) electrons. The van der Waals surface area contributed by atoms with Crippen LogP contribution < -0.4 is 30.3 Å². The number of nitrogens with one attached hydrogen (secondary N) is 3. The van der Waals surface area contributed by atoms with E-state index >= 15 is 0 Å². The quantitative estimate of drug-likeness (QED) is 0.104. The number of methoxy groups -OCH3 is 1. The van der Waals surface area contributed by atoms with E-state index in [1.807, 2.05) is 0 Å². The molecule has 2 atom stereocenters. The van der Waals surface area contributed by atoms with Crippen LogP contribution in [0.3, 0.4) is 0 Å². The molecule has 42 heavy (non-hydrogen) atoms. The topological polar surface area (TPSA) is 166 Å². The molecule has 2 aromatic rings. The summed E-state index contributed by atoms with van der Waals surface area (Å²) >= 11 is 3.38. The third-order valence-electron chi connectivity index (χ3n) is 5.72. The summed E-state index contributed by atoms with van der Waals surface area (Å²) in [5.74, 6) is -0.0112. The highest BCUT2D eigenvalue weighted by molar-refractivity contribution is 9.10. The van der Waals surface area contributed by atoms with Gasteiger partial charge in [0.15, 0.2) is 24.3 Å². The Morgan fingerprint density at radius 3 is 2.57 bits per heavy atom. The lowest BCUT2D eigenvalue weighted by Gasteiger charge is -2.28. The van der Waals surface area contributed by atoms with Crippen molar-refractivity contribution in [3.8, 4) is 17.2 Å². The van der Waals surface area contributed by atoms with Crippen molar-refractivity contribution in [1.82, 2.24) is 16.1 Å². The Hall–Kier alpha value is -4.30. The first-order valence-corrected chi connectivity index (χ1v) is 13.8. The molecule has 1 aliphatic heterocycles. The summed E-state index contributed by atoms with van der Waals surface area (Å²) in [4.78, 5) is 36.2. The lowest BCUT2D eigenvalue weighted by molar-refractivity contribution is -0.145. The zero-order chi connectivity index (χ0) is 30.6. The maximum Gasteiger partial charge on any atom is 0.344 e. The fraction of sp³-hybridized carbons (Fsp3) is 0.357. The number of urea groups is 1. The van der Waals surface area contributed by atoms with Crippen LogP contribution >= 0.6 is 15.9 Å². The number of amides is 2. The fourth-order valence-electron chi connectivity index (χ4n) is 3.91. The van der Waals surface area contributed by atoms with Gasteiger partial charge in [-0.05, 0) is 56.7 Å². The molecule has 4 N–H and O–H groups in total. The summed E-state index contributed by atoms with van der Waals surface area (Å²) < 4.78 is 27.6. The van der Waals surface area contributed by atoms with Gasteiger partial charge in [0.2, 0.25) is 0 Å². The molecule has 1 heterocycles.